The summed E-state index contributed by atoms with van der Waals surface area (Å²) in [6.45, 7) is 2.80. The molecule has 0 fully saturated rings. The monoisotopic (exact) mass is 489 g/mol. The molecule has 0 spiro atoms. The minimum absolute atomic E-state index is 0.202. The van der Waals surface area contributed by atoms with E-state index >= 15 is 0 Å². The van der Waals surface area contributed by atoms with Crippen molar-refractivity contribution in [3.05, 3.63) is 97.5 Å². The van der Waals surface area contributed by atoms with E-state index in [-0.39, 0.29) is 5.91 Å². The molecular weight excluding hydrogens is 466 g/mol. The standard InChI is InChI=1S/C27H23N9O/c1-2-36-16-23(15-31-36)32-25-26-28-10-11-35(26)17-24(34-25)19-4-3-5-20(12-19)27(37)33-22-8-6-18(7-9-22)21-13-29-30-14-21/h3-17H,2H2,1H3,(H,29,30)(H,32,34)(H,33,37). The summed E-state index contributed by atoms with van der Waals surface area (Å²) in [5, 5.41) is 17.4. The molecule has 0 radical (unpaired) electrons. The van der Waals surface area contributed by atoms with Crippen molar-refractivity contribution in [1.29, 1.82) is 0 Å². The second kappa shape index (κ2) is 9.42. The summed E-state index contributed by atoms with van der Waals surface area (Å²) in [7, 11) is 0. The number of hydrogen-bond acceptors (Lipinski definition) is 6. The average molecular weight is 490 g/mol. The van der Waals surface area contributed by atoms with Crippen LogP contribution >= 0.6 is 0 Å². The number of H-pyrrole nitrogens is 1. The normalized spacial score (nSPS) is 11.1. The van der Waals surface area contributed by atoms with E-state index in [1.807, 2.05) is 83.3 Å². The SMILES string of the molecule is CCn1cc(Nc2nc(-c3cccc(C(=O)Nc4ccc(-c5cn[nH]c5)cc4)c3)cn3ccnc23)cn1. The first-order chi connectivity index (χ1) is 18.2. The zero-order valence-electron chi connectivity index (χ0n) is 20.0. The van der Waals surface area contributed by atoms with Crippen molar-refractivity contribution in [1.82, 2.24) is 34.3 Å². The van der Waals surface area contributed by atoms with Crippen LogP contribution in [0.5, 0.6) is 0 Å². The maximum atomic E-state index is 13.0. The number of anilines is 3. The molecule has 0 bridgehead atoms. The second-order valence-corrected chi connectivity index (χ2v) is 8.44. The van der Waals surface area contributed by atoms with Crippen LogP contribution in [0.2, 0.25) is 0 Å². The molecule has 2 aromatic carbocycles. The van der Waals surface area contributed by atoms with E-state index in [9.17, 15) is 4.79 Å². The van der Waals surface area contributed by atoms with E-state index in [4.69, 9.17) is 4.98 Å². The third kappa shape index (κ3) is 4.55. The molecule has 6 rings (SSSR count). The maximum Gasteiger partial charge on any atom is 0.255 e. The van der Waals surface area contributed by atoms with Gasteiger partial charge >= 0.3 is 0 Å². The van der Waals surface area contributed by atoms with Crippen LogP contribution in [0.4, 0.5) is 17.2 Å². The van der Waals surface area contributed by atoms with Crippen molar-refractivity contribution < 1.29 is 4.79 Å². The van der Waals surface area contributed by atoms with Crippen LogP contribution < -0.4 is 10.6 Å². The summed E-state index contributed by atoms with van der Waals surface area (Å²) in [5.41, 5.74) is 6.27. The molecule has 1 amide bonds. The van der Waals surface area contributed by atoms with Gasteiger partial charge in [-0.25, -0.2) is 9.97 Å². The second-order valence-electron chi connectivity index (χ2n) is 8.44. The van der Waals surface area contributed by atoms with Crippen LogP contribution in [-0.4, -0.2) is 40.3 Å². The van der Waals surface area contributed by atoms with Crippen molar-refractivity contribution in [2.24, 2.45) is 0 Å². The van der Waals surface area contributed by atoms with Gasteiger partial charge in [0.15, 0.2) is 11.5 Å². The van der Waals surface area contributed by atoms with Gasteiger partial charge in [-0.15, -0.1) is 0 Å². The number of carbonyl (C=O) groups excluding carboxylic acids is 1. The maximum absolute atomic E-state index is 13.0. The zero-order chi connectivity index (χ0) is 25.2. The van der Waals surface area contributed by atoms with Crippen molar-refractivity contribution in [3.63, 3.8) is 0 Å². The highest BCUT2D eigenvalue weighted by Crippen LogP contribution is 2.26. The minimum Gasteiger partial charge on any atom is -0.335 e. The fourth-order valence-corrected chi connectivity index (χ4v) is 4.07. The molecule has 0 aliphatic rings. The topological polar surface area (TPSA) is 118 Å². The van der Waals surface area contributed by atoms with Crippen LogP contribution in [-0.2, 0) is 6.54 Å². The van der Waals surface area contributed by atoms with Crippen LogP contribution in [0.3, 0.4) is 0 Å². The van der Waals surface area contributed by atoms with E-state index in [1.54, 1.807) is 24.7 Å². The number of aryl methyl sites for hydroxylation is 1. The third-order valence-corrected chi connectivity index (χ3v) is 5.99. The number of nitrogens with one attached hydrogen (secondary N) is 3. The fourth-order valence-electron chi connectivity index (χ4n) is 4.07. The van der Waals surface area contributed by atoms with E-state index in [2.05, 4.69) is 30.9 Å². The number of aromatic amines is 1. The molecule has 10 nitrogen and oxygen atoms in total. The molecule has 0 atom stereocenters. The Bertz CT molecular complexity index is 1680. The summed E-state index contributed by atoms with van der Waals surface area (Å²) in [4.78, 5) is 22.3. The van der Waals surface area contributed by atoms with Gasteiger partial charge < -0.3 is 15.0 Å². The van der Waals surface area contributed by atoms with Crippen LogP contribution in [0, 0.1) is 0 Å². The Balaban J connectivity index is 1.26. The Morgan fingerprint density at radius 1 is 1.00 bits per heavy atom. The highest BCUT2D eigenvalue weighted by molar-refractivity contribution is 6.05. The van der Waals surface area contributed by atoms with E-state index < -0.39 is 0 Å². The van der Waals surface area contributed by atoms with Gasteiger partial charge in [0.2, 0.25) is 0 Å². The smallest absolute Gasteiger partial charge is 0.255 e. The molecule has 0 aliphatic heterocycles. The molecule has 37 heavy (non-hydrogen) atoms. The fraction of sp³-hybridized carbons (Fsp3) is 0.0741. The van der Waals surface area contributed by atoms with Crippen molar-refractivity contribution >= 4 is 28.7 Å². The lowest BCUT2D eigenvalue weighted by molar-refractivity contribution is 0.102. The lowest BCUT2D eigenvalue weighted by atomic mass is 10.1. The Labute approximate surface area is 212 Å². The molecule has 0 unspecified atom stereocenters. The number of benzene rings is 2. The molecule has 4 aromatic heterocycles. The summed E-state index contributed by atoms with van der Waals surface area (Å²) >= 11 is 0. The lowest BCUT2D eigenvalue weighted by Crippen LogP contribution is -2.11. The van der Waals surface area contributed by atoms with E-state index in [0.717, 1.165) is 28.9 Å². The number of rotatable bonds is 7. The summed E-state index contributed by atoms with van der Waals surface area (Å²) in [6, 6.07) is 15.0. The van der Waals surface area contributed by atoms with Crippen molar-refractivity contribution in [2.45, 2.75) is 13.5 Å². The predicted molar refractivity (Wildman–Crippen MR) is 142 cm³/mol. The van der Waals surface area contributed by atoms with Gasteiger partial charge in [0.05, 0.1) is 23.8 Å². The third-order valence-electron chi connectivity index (χ3n) is 5.99. The van der Waals surface area contributed by atoms with Gasteiger partial charge in [-0.1, -0.05) is 24.3 Å². The first-order valence-corrected chi connectivity index (χ1v) is 11.8. The van der Waals surface area contributed by atoms with E-state index in [1.165, 1.54) is 0 Å². The number of fused-ring (bicyclic) bond motifs is 1. The minimum atomic E-state index is -0.202. The molecule has 0 saturated heterocycles. The van der Waals surface area contributed by atoms with Gasteiger partial charge in [0, 0.05) is 59.9 Å². The van der Waals surface area contributed by atoms with Crippen LogP contribution in [0.25, 0.3) is 28.0 Å². The van der Waals surface area contributed by atoms with Gasteiger partial charge in [0.25, 0.3) is 5.91 Å². The molecule has 182 valence electrons. The molecule has 0 aliphatic carbocycles. The molecule has 6 aromatic rings. The number of carbonyl (C=O) groups is 1. The van der Waals surface area contributed by atoms with E-state index in [0.29, 0.717) is 28.4 Å². The molecule has 4 heterocycles. The predicted octanol–water partition coefficient (Wildman–Crippen LogP) is 5.00. The zero-order valence-corrected chi connectivity index (χ0v) is 20.0. The quantitative estimate of drug-likeness (QED) is 0.291. The summed E-state index contributed by atoms with van der Waals surface area (Å²) in [5.74, 6) is 0.401. The highest BCUT2D eigenvalue weighted by atomic mass is 16.1. The lowest BCUT2D eigenvalue weighted by Gasteiger charge is -2.10. The number of amides is 1. The summed E-state index contributed by atoms with van der Waals surface area (Å²) in [6.07, 6.45) is 12.7. The number of aromatic nitrogens is 7. The van der Waals surface area contributed by atoms with Gasteiger partial charge in [0.1, 0.15) is 0 Å². The first kappa shape index (κ1) is 22.2. The molecule has 10 heteroatoms. The first-order valence-electron chi connectivity index (χ1n) is 11.8. The molecule has 0 saturated carbocycles. The van der Waals surface area contributed by atoms with Crippen molar-refractivity contribution in [2.75, 3.05) is 10.6 Å². The number of hydrogen-bond donors (Lipinski definition) is 3. The molecule has 3 N–H and O–H groups in total. The number of nitrogens with zero attached hydrogens (tertiary/aromatic N) is 6. The van der Waals surface area contributed by atoms with Crippen LogP contribution in [0.1, 0.15) is 17.3 Å². The Hall–Kier alpha value is -5.25. The Morgan fingerprint density at radius 3 is 2.68 bits per heavy atom. The number of imidazole rings is 1. The van der Waals surface area contributed by atoms with Gasteiger partial charge in [-0.05, 0) is 36.8 Å². The summed E-state index contributed by atoms with van der Waals surface area (Å²) < 4.78 is 3.74. The average Bonchev–Trinajstić information content (AvgIpc) is 3.71. The Kier molecular flexibility index (Phi) is 5.66. The molecular formula is C27H23N9O. The largest absolute Gasteiger partial charge is 0.335 e. The highest BCUT2D eigenvalue weighted by Gasteiger charge is 2.13. The van der Waals surface area contributed by atoms with Gasteiger partial charge in [-0.3, -0.25) is 14.6 Å². The van der Waals surface area contributed by atoms with Crippen LogP contribution in [0.15, 0.2) is 91.9 Å². The Morgan fingerprint density at radius 2 is 1.89 bits per heavy atom. The van der Waals surface area contributed by atoms with Gasteiger partial charge in [-0.2, -0.15) is 10.2 Å². The van der Waals surface area contributed by atoms with Crippen molar-refractivity contribution in [3.8, 4) is 22.4 Å².